The second-order valence-corrected chi connectivity index (χ2v) is 14.4. The van der Waals surface area contributed by atoms with E-state index < -0.39 is 0 Å². The second-order valence-electron chi connectivity index (χ2n) is 14.4. The molecule has 0 bridgehead atoms. The van der Waals surface area contributed by atoms with Gasteiger partial charge in [0, 0.05) is 17.7 Å². The zero-order chi connectivity index (χ0) is 34.2. The number of nitrogens with zero attached hydrogens (tertiary/aromatic N) is 1. The molecule has 0 saturated carbocycles. The average molecular weight is 662 g/mol. The zero-order valence-electron chi connectivity index (χ0n) is 28.8. The van der Waals surface area contributed by atoms with E-state index in [1.165, 1.54) is 100 Å². The topological polar surface area (TPSA) is 3.24 Å². The summed E-state index contributed by atoms with van der Waals surface area (Å²) in [5.74, 6) is 0. The summed E-state index contributed by atoms with van der Waals surface area (Å²) in [6.07, 6.45) is 2.85. The highest BCUT2D eigenvalue weighted by Gasteiger charge is 2.36. The molecule has 0 heterocycles. The van der Waals surface area contributed by atoms with Crippen LogP contribution >= 0.6 is 0 Å². The molecule has 0 amide bonds. The quantitative estimate of drug-likeness (QED) is 0.177. The number of para-hydroxylation sites is 1. The Labute approximate surface area is 305 Å². The van der Waals surface area contributed by atoms with Crippen LogP contribution in [0.5, 0.6) is 0 Å². The third-order valence-electron chi connectivity index (χ3n) is 11.6. The van der Waals surface area contributed by atoms with Crippen molar-refractivity contribution in [3.63, 3.8) is 0 Å². The van der Waals surface area contributed by atoms with Gasteiger partial charge in [0.15, 0.2) is 0 Å². The molecule has 0 radical (unpaired) electrons. The SMILES string of the molecule is c1ccc(-c2ccc(N(c3ccccc3-c3ccccc3)c3cc4c(c5c3Cc3ccccc3-5)-c3c(ccc5c3Cc3ccccc3-5)C4)cc2)cc1. The van der Waals surface area contributed by atoms with E-state index in [2.05, 4.69) is 181 Å². The number of fused-ring (bicyclic) bond motifs is 11. The number of benzene rings is 8. The van der Waals surface area contributed by atoms with Crippen molar-refractivity contribution in [3.05, 3.63) is 209 Å². The first-order valence-corrected chi connectivity index (χ1v) is 18.4. The summed E-state index contributed by atoms with van der Waals surface area (Å²) >= 11 is 0. The Hall–Kier alpha value is -6.44. The maximum absolute atomic E-state index is 2.55. The summed E-state index contributed by atoms with van der Waals surface area (Å²) < 4.78 is 0. The summed E-state index contributed by atoms with van der Waals surface area (Å²) in [6.45, 7) is 0. The van der Waals surface area contributed by atoms with Crippen LogP contribution in [-0.4, -0.2) is 0 Å². The Balaban J connectivity index is 1.17. The molecule has 11 rings (SSSR count). The summed E-state index contributed by atoms with van der Waals surface area (Å²) in [5.41, 5.74) is 25.7. The fourth-order valence-corrected chi connectivity index (χ4v) is 9.27. The van der Waals surface area contributed by atoms with Crippen molar-refractivity contribution in [1.82, 2.24) is 0 Å². The highest BCUT2D eigenvalue weighted by molar-refractivity contribution is 6.03. The predicted octanol–water partition coefficient (Wildman–Crippen LogP) is 13.2. The molecule has 0 atom stereocenters. The van der Waals surface area contributed by atoms with Crippen LogP contribution in [0.1, 0.15) is 33.4 Å². The maximum atomic E-state index is 2.55. The average Bonchev–Trinajstić information content (AvgIpc) is 3.90. The lowest BCUT2D eigenvalue weighted by atomic mass is 9.88. The smallest absolute Gasteiger partial charge is 0.0540 e. The summed E-state index contributed by atoms with van der Waals surface area (Å²) in [6, 6.07) is 65.1. The first kappa shape index (κ1) is 29.3. The van der Waals surface area contributed by atoms with E-state index in [-0.39, 0.29) is 0 Å². The minimum atomic E-state index is 0.908. The van der Waals surface area contributed by atoms with Crippen LogP contribution in [0.25, 0.3) is 55.6 Å². The van der Waals surface area contributed by atoms with Crippen molar-refractivity contribution in [1.29, 1.82) is 0 Å². The maximum Gasteiger partial charge on any atom is 0.0540 e. The second kappa shape index (κ2) is 11.5. The van der Waals surface area contributed by atoms with E-state index in [0.29, 0.717) is 0 Å². The molecule has 0 aliphatic heterocycles. The largest absolute Gasteiger partial charge is 0.310 e. The van der Waals surface area contributed by atoms with Crippen molar-refractivity contribution >= 4 is 17.1 Å². The van der Waals surface area contributed by atoms with Crippen molar-refractivity contribution < 1.29 is 0 Å². The minimum absolute atomic E-state index is 0.908. The van der Waals surface area contributed by atoms with Crippen LogP contribution in [-0.2, 0) is 19.3 Å². The number of rotatable bonds is 5. The molecule has 0 N–H and O–H groups in total. The number of anilines is 3. The molecule has 3 aliphatic rings. The van der Waals surface area contributed by atoms with Gasteiger partial charge in [0.1, 0.15) is 0 Å². The van der Waals surface area contributed by atoms with Crippen LogP contribution in [0.3, 0.4) is 0 Å². The van der Waals surface area contributed by atoms with Crippen molar-refractivity contribution in [2.24, 2.45) is 0 Å². The molecule has 52 heavy (non-hydrogen) atoms. The first-order chi connectivity index (χ1) is 25.8. The molecule has 0 fully saturated rings. The molecule has 0 spiro atoms. The summed E-state index contributed by atoms with van der Waals surface area (Å²) in [4.78, 5) is 2.55. The highest BCUT2D eigenvalue weighted by Crippen LogP contribution is 2.57. The molecule has 244 valence electrons. The van der Waals surface area contributed by atoms with Gasteiger partial charge in [-0.3, -0.25) is 0 Å². The van der Waals surface area contributed by atoms with E-state index in [1.54, 1.807) is 0 Å². The van der Waals surface area contributed by atoms with Crippen molar-refractivity contribution in [2.45, 2.75) is 19.3 Å². The Morgan fingerprint density at radius 2 is 0.904 bits per heavy atom. The molecule has 3 aliphatic carbocycles. The molecule has 8 aromatic rings. The van der Waals surface area contributed by atoms with Gasteiger partial charge >= 0.3 is 0 Å². The summed E-state index contributed by atoms with van der Waals surface area (Å²) in [7, 11) is 0. The van der Waals surface area contributed by atoms with Gasteiger partial charge < -0.3 is 4.90 Å². The van der Waals surface area contributed by atoms with Gasteiger partial charge in [-0.25, -0.2) is 0 Å². The molecule has 0 aromatic heterocycles. The molecule has 0 unspecified atom stereocenters. The van der Waals surface area contributed by atoms with Crippen LogP contribution < -0.4 is 4.90 Å². The van der Waals surface area contributed by atoms with E-state index >= 15 is 0 Å². The van der Waals surface area contributed by atoms with E-state index in [0.717, 1.165) is 24.9 Å². The molecular weight excluding hydrogens is 627 g/mol. The lowest BCUT2D eigenvalue weighted by Crippen LogP contribution is -2.14. The predicted molar refractivity (Wildman–Crippen MR) is 217 cm³/mol. The fraction of sp³-hybridized carbons (Fsp3) is 0.0588. The Kier molecular flexibility index (Phi) is 6.51. The minimum Gasteiger partial charge on any atom is -0.310 e. The zero-order valence-corrected chi connectivity index (χ0v) is 28.8. The van der Waals surface area contributed by atoms with E-state index in [9.17, 15) is 0 Å². The summed E-state index contributed by atoms with van der Waals surface area (Å²) in [5, 5.41) is 0. The Bertz CT molecular complexity index is 2690. The van der Waals surface area contributed by atoms with Crippen molar-refractivity contribution in [2.75, 3.05) is 4.90 Å². The van der Waals surface area contributed by atoms with Gasteiger partial charge in [-0.15, -0.1) is 0 Å². The van der Waals surface area contributed by atoms with Gasteiger partial charge in [-0.1, -0.05) is 152 Å². The molecule has 8 aromatic carbocycles. The highest BCUT2D eigenvalue weighted by atomic mass is 15.1. The monoisotopic (exact) mass is 661 g/mol. The van der Waals surface area contributed by atoms with Gasteiger partial charge in [0.05, 0.1) is 11.4 Å². The standard InChI is InChI=1S/C51H35N/c1-3-13-33(14-4-1)34-23-26-40(27-24-34)52(47-22-12-11-20-42(47)35-15-5-2-6-16-35)48-32-39-29-38-25-28-44-41-19-9-7-17-36(41)30-45(44)49(38)50(39)51-43-21-10-8-18-37(43)31-46(48)51/h1-28,32H,29-31H2. The Morgan fingerprint density at radius 3 is 1.67 bits per heavy atom. The third-order valence-corrected chi connectivity index (χ3v) is 11.6. The van der Waals surface area contributed by atoms with Crippen LogP contribution in [0.15, 0.2) is 176 Å². The van der Waals surface area contributed by atoms with Crippen molar-refractivity contribution in [3.8, 4) is 55.6 Å². The molecule has 1 nitrogen and oxygen atoms in total. The fourth-order valence-electron chi connectivity index (χ4n) is 9.27. The van der Waals surface area contributed by atoms with E-state index in [4.69, 9.17) is 0 Å². The van der Waals surface area contributed by atoms with Crippen LogP contribution in [0, 0.1) is 0 Å². The first-order valence-electron chi connectivity index (χ1n) is 18.4. The lowest BCUT2D eigenvalue weighted by molar-refractivity contribution is 1.18. The third kappa shape index (κ3) is 4.42. The van der Waals surface area contributed by atoms with Gasteiger partial charge in [0.2, 0.25) is 0 Å². The van der Waals surface area contributed by atoms with E-state index in [1.807, 2.05) is 0 Å². The molecule has 1 heteroatoms. The van der Waals surface area contributed by atoms with Gasteiger partial charge in [-0.05, 0) is 121 Å². The normalized spacial score (nSPS) is 12.8. The van der Waals surface area contributed by atoms with Crippen LogP contribution in [0.4, 0.5) is 17.1 Å². The lowest BCUT2D eigenvalue weighted by Gasteiger charge is -2.31. The molecular formula is C51H35N. The van der Waals surface area contributed by atoms with Gasteiger partial charge in [0.25, 0.3) is 0 Å². The van der Waals surface area contributed by atoms with Crippen LogP contribution in [0.2, 0.25) is 0 Å². The van der Waals surface area contributed by atoms with Gasteiger partial charge in [-0.2, -0.15) is 0 Å². The molecule has 0 saturated heterocycles. The number of hydrogen-bond donors (Lipinski definition) is 0. The Morgan fingerprint density at radius 1 is 0.308 bits per heavy atom. The number of hydrogen-bond acceptors (Lipinski definition) is 1.